The van der Waals surface area contributed by atoms with Crippen LogP contribution < -0.4 is 10.6 Å². The Labute approximate surface area is 153 Å². The second-order valence-electron chi connectivity index (χ2n) is 5.00. The topological polar surface area (TPSA) is 49.3 Å². The third-order valence-electron chi connectivity index (χ3n) is 3.20. The first kappa shape index (κ1) is 19.3. The summed E-state index contributed by atoms with van der Waals surface area (Å²) in [5.41, 5.74) is 2.92. The predicted octanol–water partition coefficient (Wildman–Crippen LogP) is 3.05. The highest BCUT2D eigenvalue weighted by Gasteiger charge is 2.00. The molecule has 4 nitrogen and oxygen atoms in total. The highest BCUT2D eigenvalue weighted by Crippen LogP contribution is 2.03. The molecule has 0 saturated carbocycles. The lowest BCUT2D eigenvalue weighted by Gasteiger charge is -2.12. The second-order valence-corrected chi connectivity index (χ2v) is 5.00. The van der Waals surface area contributed by atoms with Crippen molar-refractivity contribution in [2.24, 2.45) is 4.99 Å². The molecule has 23 heavy (non-hydrogen) atoms. The first-order valence-electron chi connectivity index (χ1n) is 7.29. The van der Waals surface area contributed by atoms with Crippen LogP contribution in [0.4, 0.5) is 4.39 Å². The van der Waals surface area contributed by atoms with Gasteiger partial charge in [-0.05, 0) is 43.2 Å². The molecule has 1 heterocycles. The Balaban J connectivity index is 0.00000264. The van der Waals surface area contributed by atoms with Crippen molar-refractivity contribution in [3.63, 3.8) is 0 Å². The van der Waals surface area contributed by atoms with Gasteiger partial charge < -0.3 is 10.6 Å². The van der Waals surface area contributed by atoms with Gasteiger partial charge >= 0.3 is 0 Å². The van der Waals surface area contributed by atoms with Crippen molar-refractivity contribution in [3.8, 4) is 0 Å². The van der Waals surface area contributed by atoms with Gasteiger partial charge in [-0.25, -0.2) is 4.39 Å². The number of nitrogens with one attached hydrogen (secondary N) is 2. The van der Waals surface area contributed by atoms with Gasteiger partial charge in [0, 0.05) is 19.3 Å². The van der Waals surface area contributed by atoms with Crippen molar-refractivity contribution in [3.05, 3.63) is 65.2 Å². The number of nitrogens with zero attached hydrogens (tertiary/aromatic N) is 2. The van der Waals surface area contributed by atoms with E-state index in [4.69, 9.17) is 0 Å². The standard InChI is InChI=1S/C17H21FN4.HI/c1-13-5-3-8-16(22-13)12-21-17(19-2)20-10-9-14-6-4-7-15(18)11-14;/h3-8,11H,9-10,12H2,1-2H3,(H2,19,20,21);1H. The number of aromatic nitrogens is 1. The quantitative estimate of drug-likeness (QED) is 0.438. The van der Waals surface area contributed by atoms with Crippen LogP contribution in [0.25, 0.3) is 0 Å². The summed E-state index contributed by atoms with van der Waals surface area (Å²) >= 11 is 0. The molecule has 124 valence electrons. The minimum atomic E-state index is -0.203. The van der Waals surface area contributed by atoms with Crippen LogP contribution in [0.5, 0.6) is 0 Å². The third-order valence-corrected chi connectivity index (χ3v) is 3.20. The molecule has 2 N–H and O–H groups in total. The van der Waals surface area contributed by atoms with Crippen molar-refractivity contribution in [1.29, 1.82) is 0 Å². The zero-order valence-corrected chi connectivity index (χ0v) is 15.7. The maximum atomic E-state index is 13.1. The molecule has 0 amide bonds. The predicted molar refractivity (Wildman–Crippen MR) is 103 cm³/mol. The molecular weight excluding hydrogens is 406 g/mol. The first-order valence-corrected chi connectivity index (χ1v) is 7.29. The summed E-state index contributed by atoms with van der Waals surface area (Å²) < 4.78 is 13.1. The number of aryl methyl sites for hydroxylation is 1. The van der Waals surface area contributed by atoms with Crippen LogP contribution in [-0.2, 0) is 13.0 Å². The Hall–Kier alpha value is -1.70. The SMILES string of the molecule is CN=C(NCCc1cccc(F)c1)NCc1cccc(C)n1.I. The molecule has 0 aliphatic heterocycles. The van der Waals surface area contributed by atoms with E-state index in [1.54, 1.807) is 19.2 Å². The van der Waals surface area contributed by atoms with Crippen LogP contribution in [0.3, 0.4) is 0 Å². The largest absolute Gasteiger partial charge is 0.356 e. The van der Waals surface area contributed by atoms with E-state index in [1.807, 2.05) is 31.2 Å². The van der Waals surface area contributed by atoms with E-state index in [9.17, 15) is 4.39 Å². The van der Waals surface area contributed by atoms with E-state index in [-0.39, 0.29) is 29.8 Å². The molecule has 0 unspecified atom stereocenters. The summed E-state index contributed by atoms with van der Waals surface area (Å²) in [6, 6.07) is 12.6. The number of aliphatic imine (C=N–C) groups is 1. The maximum absolute atomic E-state index is 13.1. The summed E-state index contributed by atoms with van der Waals surface area (Å²) in [4.78, 5) is 8.60. The number of halogens is 2. The van der Waals surface area contributed by atoms with Gasteiger partial charge in [-0.2, -0.15) is 0 Å². The monoisotopic (exact) mass is 428 g/mol. The van der Waals surface area contributed by atoms with Gasteiger partial charge in [0.1, 0.15) is 5.82 Å². The molecule has 0 radical (unpaired) electrons. The number of hydrogen-bond acceptors (Lipinski definition) is 2. The molecule has 0 bridgehead atoms. The van der Waals surface area contributed by atoms with Crippen LogP contribution in [0.2, 0.25) is 0 Å². The zero-order chi connectivity index (χ0) is 15.8. The first-order chi connectivity index (χ1) is 10.7. The number of guanidine groups is 1. The summed E-state index contributed by atoms with van der Waals surface area (Å²) in [6.45, 7) is 3.27. The molecule has 0 aliphatic rings. The van der Waals surface area contributed by atoms with Gasteiger partial charge in [-0.15, -0.1) is 24.0 Å². The molecule has 0 atom stereocenters. The number of hydrogen-bond donors (Lipinski definition) is 2. The van der Waals surface area contributed by atoms with Crippen molar-refractivity contribution in [2.75, 3.05) is 13.6 Å². The van der Waals surface area contributed by atoms with E-state index in [0.29, 0.717) is 19.0 Å². The zero-order valence-electron chi connectivity index (χ0n) is 13.3. The van der Waals surface area contributed by atoms with Gasteiger partial charge in [0.25, 0.3) is 0 Å². The van der Waals surface area contributed by atoms with Gasteiger partial charge in [0.05, 0.1) is 12.2 Å². The van der Waals surface area contributed by atoms with Crippen molar-refractivity contribution in [2.45, 2.75) is 19.9 Å². The summed E-state index contributed by atoms with van der Waals surface area (Å²) in [6.07, 6.45) is 0.737. The summed E-state index contributed by atoms with van der Waals surface area (Å²) in [5, 5.41) is 6.42. The van der Waals surface area contributed by atoms with Crippen molar-refractivity contribution >= 4 is 29.9 Å². The minimum Gasteiger partial charge on any atom is -0.356 e. The molecule has 2 rings (SSSR count). The molecule has 2 aromatic rings. The molecule has 0 saturated heterocycles. The van der Waals surface area contributed by atoms with Gasteiger partial charge in [-0.3, -0.25) is 9.98 Å². The van der Waals surface area contributed by atoms with E-state index in [1.165, 1.54) is 6.07 Å². The fourth-order valence-corrected chi connectivity index (χ4v) is 2.11. The van der Waals surface area contributed by atoms with Gasteiger partial charge in [0.15, 0.2) is 5.96 Å². The fraction of sp³-hybridized carbons (Fsp3) is 0.294. The van der Waals surface area contributed by atoms with E-state index in [2.05, 4.69) is 20.6 Å². The Kier molecular flexibility index (Phi) is 8.53. The average molecular weight is 428 g/mol. The minimum absolute atomic E-state index is 0. The van der Waals surface area contributed by atoms with E-state index in [0.717, 1.165) is 23.4 Å². The Morgan fingerprint density at radius 1 is 1.17 bits per heavy atom. The molecule has 1 aromatic heterocycles. The Bertz CT molecular complexity index is 646. The molecular formula is C17H22FIN4. The lowest BCUT2D eigenvalue weighted by molar-refractivity contribution is 0.625. The molecule has 0 fully saturated rings. The van der Waals surface area contributed by atoms with Crippen LogP contribution in [-0.4, -0.2) is 24.5 Å². The Morgan fingerprint density at radius 3 is 2.65 bits per heavy atom. The third kappa shape index (κ3) is 6.94. The number of rotatable bonds is 5. The van der Waals surface area contributed by atoms with Crippen LogP contribution in [0, 0.1) is 12.7 Å². The van der Waals surface area contributed by atoms with E-state index < -0.39 is 0 Å². The molecule has 0 spiro atoms. The van der Waals surface area contributed by atoms with E-state index >= 15 is 0 Å². The van der Waals surface area contributed by atoms with Gasteiger partial charge in [-0.1, -0.05) is 18.2 Å². The number of pyridine rings is 1. The summed E-state index contributed by atoms with van der Waals surface area (Å²) in [7, 11) is 1.72. The van der Waals surface area contributed by atoms with Crippen LogP contribution >= 0.6 is 24.0 Å². The number of benzene rings is 1. The highest BCUT2D eigenvalue weighted by molar-refractivity contribution is 14.0. The smallest absolute Gasteiger partial charge is 0.191 e. The highest BCUT2D eigenvalue weighted by atomic mass is 127. The summed E-state index contributed by atoms with van der Waals surface area (Å²) in [5.74, 6) is 0.505. The normalized spacial score (nSPS) is 10.8. The maximum Gasteiger partial charge on any atom is 0.191 e. The molecule has 0 aliphatic carbocycles. The van der Waals surface area contributed by atoms with Crippen molar-refractivity contribution in [1.82, 2.24) is 15.6 Å². The lowest BCUT2D eigenvalue weighted by atomic mass is 10.1. The van der Waals surface area contributed by atoms with Crippen LogP contribution in [0.1, 0.15) is 17.0 Å². The second kappa shape index (κ2) is 10.1. The molecule has 1 aromatic carbocycles. The lowest BCUT2D eigenvalue weighted by Crippen LogP contribution is -2.38. The van der Waals surface area contributed by atoms with Gasteiger partial charge in [0.2, 0.25) is 0 Å². The Morgan fingerprint density at radius 2 is 1.96 bits per heavy atom. The fourth-order valence-electron chi connectivity index (χ4n) is 2.11. The molecule has 6 heteroatoms. The van der Waals surface area contributed by atoms with Crippen molar-refractivity contribution < 1.29 is 4.39 Å². The van der Waals surface area contributed by atoms with Crippen LogP contribution in [0.15, 0.2) is 47.5 Å². The average Bonchev–Trinajstić information content (AvgIpc) is 2.51.